The molecule has 13 heteroatoms. The van der Waals surface area contributed by atoms with Crippen molar-refractivity contribution in [3.05, 3.63) is 5.82 Å². The smallest absolute Gasteiger partial charge is 0.378 e. The van der Waals surface area contributed by atoms with Crippen LogP contribution in [0.25, 0.3) is 0 Å². The van der Waals surface area contributed by atoms with E-state index in [9.17, 15) is 30.7 Å². The van der Waals surface area contributed by atoms with E-state index in [2.05, 4.69) is 15.0 Å². The van der Waals surface area contributed by atoms with Gasteiger partial charge in [-0.1, -0.05) is 0 Å². The minimum absolute atomic E-state index is 0.129. The molecule has 23 heavy (non-hydrogen) atoms. The Labute approximate surface area is 124 Å². The van der Waals surface area contributed by atoms with Gasteiger partial charge in [-0.05, 0) is 0 Å². The van der Waals surface area contributed by atoms with Crippen molar-refractivity contribution in [3.8, 4) is 0 Å². The van der Waals surface area contributed by atoms with Crippen LogP contribution in [0.5, 0.6) is 0 Å². The molecular formula is C10H10F7N5O. The van der Waals surface area contributed by atoms with Crippen molar-refractivity contribution in [1.29, 1.82) is 0 Å². The summed E-state index contributed by atoms with van der Waals surface area (Å²) in [5.74, 6) is -15.5. The Kier molecular flexibility index (Phi) is 4.26. The summed E-state index contributed by atoms with van der Waals surface area (Å²) in [6.07, 6.45) is -6.49. The van der Waals surface area contributed by atoms with Gasteiger partial charge in [0.05, 0.1) is 13.2 Å². The fourth-order valence-electron chi connectivity index (χ4n) is 1.74. The Morgan fingerprint density at radius 3 is 2.00 bits per heavy atom. The molecule has 1 fully saturated rings. The minimum Gasteiger partial charge on any atom is -0.378 e. The molecule has 0 radical (unpaired) electrons. The van der Waals surface area contributed by atoms with Crippen LogP contribution in [0.2, 0.25) is 0 Å². The molecule has 0 aliphatic carbocycles. The zero-order valence-corrected chi connectivity index (χ0v) is 11.2. The lowest BCUT2D eigenvalue weighted by molar-refractivity contribution is -0.361. The molecule has 0 unspecified atom stereocenters. The number of halogens is 7. The van der Waals surface area contributed by atoms with Gasteiger partial charge in [0.15, 0.2) is 0 Å². The number of rotatable bonds is 3. The summed E-state index contributed by atoms with van der Waals surface area (Å²) in [4.78, 5) is 10.5. The zero-order chi connectivity index (χ0) is 17.5. The average Bonchev–Trinajstić information content (AvgIpc) is 2.46. The molecular weight excluding hydrogens is 339 g/mol. The number of ether oxygens (including phenoxy) is 1. The summed E-state index contributed by atoms with van der Waals surface area (Å²) in [5.41, 5.74) is 5.14. The van der Waals surface area contributed by atoms with Gasteiger partial charge in [-0.3, -0.25) is 0 Å². The number of morpholine rings is 1. The highest BCUT2D eigenvalue weighted by Gasteiger charge is 2.75. The summed E-state index contributed by atoms with van der Waals surface area (Å²) in [6.45, 7) is 0.611. The Hall–Kier alpha value is -1.92. The first-order chi connectivity index (χ1) is 10.5. The molecule has 1 aliphatic heterocycles. The first-order valence-corrected chi connectivity index (χ1v) is 6.14. The Bertz CT molecular complexity index is 573. The van der Waals surface area contributed by atoms with E-state index in [1.165, 1.54) is 4.90 Å². The Balaban J connectivity index is 2.44. The molecule has 2 N–H and O–H groups in total. The molecule has 0 atom stereocenters. The van der Waals surface area contributed by atoms with Crippen LogP contribution in [0.1, 0.15) is 5.82 Å². The van der Waals surface area contributed by atoms with Gasteiger partial charge in [0.25, 0.3) is 0 Å². The lowest BCUT2D eigenvalue weighted by Gasteiger charge is -2.29. The number of hydrogen-bond acceptors (Lipinski definition) is 6. The second-order valence-electron chi connectivity index (χ2n) is 4.56. The Morgan fingerprint density at radius 2 is 1.48 bits per heavy atom. The van der Waals surface area contributed by atoms with Crippen molar-refractivity contribution in [2.24, 2.45) is 0 Å². The molecule has 130 valence electrons. The molecule has 1 aromatic rings. The van der Waals surface area contributed by atoms with Gasteiger partial charge >= 0.3 is 18.0 Å². The van der Waals surface area contributed by atoms with E-state index in [4.69, 9.17) is 10.5 Å². The molecule has 6 nitrogen and oxygen atoms in total. The number of nitrogens with two attached hydrogens (primary N) is 1. The molecule has 0 amide bonds. The van der Waals surface area contributed by atoms with Crippen LogP contribution >= 0.6 is 0 Å². The number of aromatic nitrogens is 3. The summed E-state index contributed by atoms with van der Waals surface area (Å²) in [6, 6.07) is 0. The summed E-state index contributed by atoms with van der Waals surface area (Å²) in [5, 5.41) is 0. The van der Waals surface area contributed by atoms with E-state index in [1.807, 2.05) is 0 Å². The quantitative estimate of drug-likeness (QED) is 0.835. The molecule has 1 aromatic heterocycles. The van der Waals surface area contributed by atoms with Gasteiger partial charge in [-0.15, -0.1) is 0 Å². The molecule has 0 spiro atoms. The van der Waals surface area contributed by atoms with E-state index in [1.54, 1.807) is 0 Å². The second kappa shape index (κ2) is 5.62. The Morgan fingerprint density at radius 1 is 0.913 bits per heavy atom. The molecule has 2 rings (SSSR count). The third-order valence-corrected chi connectivity index (χ3v) is 2.97. The van der Waals surface area contributed by atoms with Crippen molar-refractivity contribution in [3.63, 3.8) is 0 Å². The van der Waals surface area contributed by atoms with Gasteiger partial charge in [0, 0.05) is 13.1 Å². The van der Waals surface area contributed by atoms with Crippen LogP contribution in [0.3, 0.4) is 0 Å². The largest absolute Gasteiger partial charge is 0.460 e. The highest BCUT2D eigenvalue weighted by Crippen LogP contribution is 2.50. The molecule has 1 saturated heterocycles. The third kappa shape index (κ3) is 3.09. The van der Waals surface area contributed by atoms with Crippen molar-refractivity contribution in [2.75, 3.05) is 36.9 Å². The number of anilines is 2. The summed E-state index contributed by atoms with van der Waals surface area (Å²) in [7, 11) is 0. The lowest BCUT2D eigenvalue weighted by Crippen LogP contribution is -2.51. The monoisotopic (exact) mass is 349 g/mol. The lowest BCUT2D eigenvalue weighted by atomic mass is 10.1. The number of nitrogen functional groups attached to an aromatic ring is 1. The topological polar surface area (TPSA) is 77.2 Å². The highest BCUT2D eigenvalue weighted by atomic mass is 19.4. The van der Waals surface area contributed by atoms with Crippen molar-refractivity contribution in [2.45, 2.75) is 18.0 Å². The molecule has 0 saturated carbocycles. The van der Waals surface area contributed by atoms with Crippen LogP contribution in [-0.4, -0.2) is 53.4 Å². The molecule has 0 bridgehead atoms. The SMILES string of the molecule is Nc1nc(N2CCOCC2)nc(C(F)(F)C(F)(F)C(F)(F)F)n1. The predicted octanol–water partition coefficient (Wildman–Crippen LogP) is 1.58. The van der Waals surface area contributed by atoms with Gasteiger partial charge in [-0.25, -0.2) is 0 Å². The summed E-state index contributed by atoms with van der Waals surface area (Å²) < 4.78 is 95.0. The number of nitrogens with zero attached hydrogens (tertiary/aromatic N) is 4. The van der Waals surface area contributed by atoms with Gasteiger partial charge in [-0.2, -0.15) is 45.7 Å². The average molecular weight is 349 g/mol. The van der Waals surface area contributed by atoms with E-state index < -0.39 is 35.7 Å². The fourth-order valence-corrected chi connectivity index (χ4v) is 1.74. The first kappa shape index (κ1) is 17.4. The highest BCUT2D eigenvalue weighted by molar-refractivity contribution is 5.36. The van der Waals surface area contributed by atoms with Gasteiger partial charge in [0.2, 0.25) is 17.7 Å². The zero-order valence-electron chi connectivity index (χ0n) is 11.2. The molecule has 0 aromatic carbocycles. The van der Waals surface area contributed by atoms with Crippen LogP contribution in [0.15, 0.2) is 0 Å². The van der Waals surface area contributed by atoms with Crippen molar-refractivity contribution < 1.29 is 35.5 Å². The van der Waals surface area contributed by atoms with Gasteiger partial charge < -0.3 is 15.4 Å². The van der Waals surface area contributed by atoms with E-state index in [0.29, 0.717) is 0 Å². The maximum absolute atomic E-state index is 13.6. The van der Waals surface area contributed by atoms with Crippen molar-refractivity contribution >= 4 is 11.9 Å². The number of alkyl halides is 7. The van der Waals surface area contributed by atoms with Gasteiger partial charge in [0.1, 0.15) is 0 Å². The second-order valence-corrected chi connectivity index (χ2v) is 4.56. The normalized spacial score (nSPS) is 17.4. The minimum atomic E-state index is -6.49. The maximum Gasteiger partial charge on any atom is 0.460 e. The predicted molar refractivity (Wildman–Crippen MR) is 62.2 cm³/mol. The standard InChI is InChI=1S/C10H10F7N5O/c11-8(12,9(13,14)10(15,16)17)5-19-6(18)21-7(20-5)22-1-3-23-4-2-22/h1-4H2,(H2,18,19,20,21). The van der Waals surface area contributed by atoms with Crippen LogP contribution in [-0.2, 0) is 10.7 Å². The van der Waals surface area contributed by atoms with Crippen LogP contribution in [0.4, 0.5) is 42.6 Å². The van der Waals surface area contributed by atoms with Crippen molar-refractivity contribution in [1.82, 2.24) is 15.0 Å². The molecule has 1 aliphatic rings. The number of hydrogen-bond donors (Lipinski definition) is 1. The molecule has 2 heterocycles. The van der Waals surface area contributed by atoms with E-state index in [0.717, 1.165) is 0 Å². The maximum atomic E-state index is 13.6. The van der Waals surface area contributed by atoms with E-state index >= 15 is 0 Å². The first-order valence-electron chi connectivity index (χ1n) is 6.14. The van der Waals surface area contributed by atoms with Crippen LogP contribution in [0, 0.1) is 0 Å². The fraction of sp³-hybridized carbons (Fsp3) is 0.700. The van der Waals surface area contributed by atoms with E-state index in [-0.39, 0.29) is 26.3 Å². The van der Waals surface area contributed by atoms with Crippen LogP contribution < -0.4 is 10.6 Å². The third-order valence-electron chi connectivity index (χ3n) is 2.97. The summed E-state index contributed by atoms with van der Waals surface area (Å²) >= 11 is 0.